The van der Waals surface area contributed by atoms with Crippen LogP contribution in [-0.4, -0.2) is 82.9 Å². The lowest BCUT2D eigenvalue weighted by Gasteiger charge is -2.36. The van der Waals surface area contributed by atoms with Gasteiger partial charge in [-0.2, -0.15) is 0 Å². The molecule has 51 heavy (non-hydrogen) atoms. The Hall–Kier alpha value is -3.67. The number of benzene rings is 1. The quantitative estimate of drug-likeness (QED) is 0.232. The molecule has 1 aromatic carbocycles. The summed E-state index contributed by atoms with van der Waals surface area (Å²) in [5, 5.41) is 13.4. The Morgan fingerprint density at radius 2 is 1.78 bits per heavy atom. The van der Waals surface area contributed by atoms with Crippen molar-refractivity contribution < 1.29 is 33.5 Å². The Balaban J connectivity index is 1.39. The fourth-order valence-electron chi connectivity index (χ4n) is 7.39. The molecule has 12 nitrogen and oxygen atoms in total. The maximum absolute atomic E-state index is 14.6. The van der Waals surface area contributed by atoms with Crippen molar-refractivity contribution in [3.05, 3.63) is 28.8 Å². The van der Waals surface area contributed by atoms with E-state index in [0.29, 0.717) is 42.4 Å². The van der Waals surface area contributed by atoms with Gasteiger partial charge in [0.2, 0.25) is 23.5 Å². The Kier molecular flexibility index (Phi) is 12.4. The smallest absolute Gasteiger partial charge is 0.289 e. The number of nitrogens with one attached hydrogen (secondary N) is 3. The summed E-state index contributed by atoms with van der Waals surface area (Å²) in [6.45, 7) is 9.89. The number of ketones is 1. The SMILES string of the molecule is CCC[C@H](NC(=O)[C@@H]1C[C@]2(CC(c3ccc(OCC)c(Cl)c3)=NO2)CN1C(=O)[C@@H](NC(=O)CC1CCCCC1)C(C)(C)C)C(=O)C(=O)NC1CC1. The number of halogens is 1. The van der Waals surface area contributed by atoms with Gasteiger partial charge in [-0.15, -0.1) is 0 Å². The Bertz CT molecular complexity index is 1520. The first-order valence-electron chi connectivity index (χ1n) is 18.7. The summed E-state index contributed by atoms with van der Waals surface area (Å²) in [6, 6.07) is 2.32. The standard InChI is InChI=1S/C38H54ClN5O7/c1-6-11-27(32(46)35(48)40-25-15-16-25)41-34(47)29-21-38(20-28(43-51-38)24-14-17-30(50-7-2)26(39)19-24)22-44(29)36(49)33(37(3,4)5)42-31(45)18-23-12-9-8-10-13-23/h14,17,19,23,25,27,29,33H,6-13,15-16,18,20-22H2,1-5H3,(H,40,48)(H,41,47)(H,42,45)/t27-,29-,33+,38+/m0/s1. The minimum absolute atomic E-state index is 0.0103. The highest BCUT2D eigenvalue weighted by atomic mass is 35.5. The third-order valence-corrected chi connectivity index (χ3v) is 10.6. The minimum Gasteiger partial charge on any atom is -0.492 e. The van der Waals surface area contributed by atoms with Crippen molar-refractivity contribution >= 4 is 46.7 Å². The second kappa shape index (κ2) is 16.3. The van der Waals surface area contributed by atoms with Crippen LogP contribution in [0.4, 0.5) is 0 Å². The number of hydrogen-bond donors (Lipinski definition) is 3. The Labute approximate surface area is 306 Å². The molecule has 4 atom stereocenters. The normalized spacial score (nSPS) is 23.2. The van der Waals surface area contributed by atoms with Crippen LogP contribution in [0.2, 0.25) is 5.02 Å². The number of amides is 4. The Morgan fingerprint density at radius 3 is 2.41 bits per heavy atom. The zero-order valence-electron chi connectivity index (χ0n) is 30.6. The molecule has 3 fully saturated rings. The molecule has 4 aliphatic rings. The molecule has 2 saturated carbocycles. The van der Waals surface area contributed by atoms with Crippen molar-refractivity contribution in [3.63, 3.8) is 0 Å². The lowest BCUT2D eigenvalue weighted by molar-refractivity contribution is -0.145. The summed E-state index contributed by atoms with van der Waals surface area (Å²) in [4.78, 5) is 75.7. The molecule has 1 spiro atoms. The van der Waals surface area contributed by atoms with Gasteiger partial charge in [-0.3, -0.25) is 24.0 Å². The molecular weight excluding hydrogens is 674 g/mol. The van der Waals surface area contributed by atoms with Crippen LogP contribution >= 0.6 is 11.6 Å². The molecule has 1 aromatic rings. The Morgan fingerprint density at radius 1 is 1.06 bits per heavy atom. The van der Waals surface area contributed by atoms with Crippen LogP contribution in [-0.2, 0) is 28.8 Å². The molecule has 3 N–H and O–H groups in total. The molecule has 13 heteroatoms. The predicted octanol–water partition coefficient (Wildman–Crippen LogP) is 4.84. The maximum atomic E-state index is 14.6. The van der Waals surface area contributed by atoms with E-state index in [9.17, 15) is 24.0 Å². The van der Waals surface area contributed by atoms with Gasteiger partial charge in [-0.1, -0.05) is 70.1 Å². The summed E-state index contributed by atoms with van der Waals surface area (Å²) < 4.78 is 5.58. The van der Waals surface area contributed by atoms with Gasteiger partial charge < -0.3 is 30.4 Å². The van der Waals surface area contributed by atoms with Gasteiger partial charge in [0.1, 0.15) is 17.8 Å². The van der Waals surface area contributed by atoms with E-state index < -0.39 is 52.6 Å². The third-order valence-electron chi connectivity index (χ3n) is 10.4. The highest BCUT2D eigenvalue weighted by molar-refractivity contribution is 6.38. The van der Waals surface area contributed by atoms with Gasteiger partial charge in [0.25, 0.3) is 5.91 Å². The number of carbonyl (C=O) groups excluding carboxylic acids is 5. The number of Topliss-reactive ketones (excluding diaryl/α,β-unsaturated/α-hetero) is 1. The second-order valence-electron chi connectivity index (χ2n) is 15.8. The van der Waals surface area contributed by atoms with Crippen molar-refractivity contribution in [1.82, 2.24) is 20.9 Å². The molecule has 0 aromatic heterocycles. The number of likely N-dealkylation sites (tertiary alicyclic amines) is 1. The summed E-state index contributed by atoms with van der Waals surface area (Å²) in [6.07, 6.45) is 8.56. The molecule has 2 aliphatic heterocycles. The summed E-state index contributed by atoms with van der Waals surface area (Å²) >= 11 is 6.48. The molecule has 0 radical (unpaired) electrons. The topological polar surface area (TPSA) is 156 Å². The van der Waals surface area contributed by atoms with Crippen LogP contribution in [0.1, 0.15) is 117 Å². The van der Waals surface area contributed by atoms with Crippen LogP contribution in [0, 0.1) is 11.3 Å². The van der Waals surface area contributed by atoms with E-state index in [-0.39, 0.29) is 37.3 Å². The van der Waals surface area contributed by atoms with E-state index in [0.717, 1.165) is 44.1 Å². The van der Waals surface area contributed by atoms with Crippen LogP contribution in [0.15, 0.2) is 23.4 Å². The molecule has 4 amide bonds. The average Bonchev–Trinajstić information content (AvgIpc) is 3.68. The predicted molar refractivity (Wildman–Crippen MR) is 193 cm³/mol. The zero-order valence-corrected chi connectivity index (χ0v) is 31.4. The molecule has 0 unspecified atom stereocenters. The third kappa shape index (κ3) is 9.61. The lowest BCUT2D eigenvalue weighted by Crippen LogP contribution is -2.59. The molecule has 2 aliphatic carbocycles. The van der Waals surface area contributed by atoms with Gasteiger partial charge >= 0.3 is 0 Å². The molecule has 280 valence electrons. The fraction of sp³-hybridized carbons (Fsp3) is 0.684. The zero-order chi connectivity index (χ0) is 36.9. The number of ether oxygens (including phenoxy) is 1. The monoisotopic (exact) mass is 727 g/mol. The van der Waals surface area contributed by atoms with Crippen LogP contribution in [0.25, 0.3) is 0 Å². The molecule has 2 heterocycles. The molecule has 5 rings (SSSR count). The van der Waals surface area contributed by atoms with E-state index in [1.54, 1.807) is 12.1 Å². The summed E-state index contributed by atoms with van der Waals surface area (Å²) in [7, 11) is 0. The van der Waals surface area contributed by atoms with Crippen molar-refractivity contribution in [1.29, 1.82) is 0 Å². The van der Waals surface area contributed by atoms with Crippen LogP contribution in [0.3, 0.4) is 0 Å². The van der Waals surface area contributed by atoms with Gasteiger partial charge in [0.15, 0.2) is 5.60 Å². The van der Waals surface area contributed by atoms with E-state index >= 15 is 0 Å². The summed E-state index contributed by atoms with van der Waals surface area (Å²) in [5.74, 6) is -1.75. The van der Waals surface area contributed by atoms with Crippen molar-refractivity contribution in [3.8, 4) is 5.75 Å². The van der Waals surface area contributed by atoms with Crippen LogP contribution in [0.5, 0.6) is 5.75 Å². The number of carbonyl (C=O) groups is 5. The number of nitrogens with zero attached hydrogens (tertiary/aromatic N) is 2. The van der Waals surface area contributed by atoms with Crippen molar-refractivity contribution in [2.45, 2.75) is 141 Å². The van der Waals surface area contributed by atoms with Crippen molar-refractivity contribution in [2.24, 2.45) is 16.5 Å². The largest absolute Gasteiger partial charge is 0.492 e. The number of oxime groups is 1. The van der Waals surface area contributed by atoms with E-state index in [1.807, 2.05) is 40.7 Å². The van der Waals surface area contributed by atoms with Gasteiger partial charge in [0.05, 0.1) is 29.9 Å². The molecular formula is C38H54ClN5O7. The second-order valence-corrected chi connectivity index (χ2v) is 16.2. The lowest BCUT2D eigenvalue weighted by atomic mass is 9.84. The molecule has 1 saturated heterocycles. The van der Waals surface area contributed by atoms with Crippen LogP contribution < -0.4 is 20.7 Å². The first-order valence-corrected chi connectivity index (χ1v) is 19.0. The highest BCUT2D eigenvalue weighted by Crippen LogP contribution is 2.41. The van der Waals surface area contributed by atoms with E-state index in [1.165, 1.54) is 11.3 Å². The first-order chi connectivity index (χ1) is 24.2. The molecule has 0 bridgehead atoms. The average molecular weight is 728 g/mol. The fourth-order valence-corrected chi connectivity index (χ4v) is 7.63. The highest BCUT2D eigenvalue weighted by Gasteiger charge is 2.55. The van der Waals surface area contributed by atoms with Gasteiger partial charge in [-0.25, -0.2) is 0 Å². The van der Waals surface area contributed by atoms with Gasteiger partial charge in [-0.05, 0) is 68.6 Å². The van der Waals surface area contributed by atoms with E-state index in [2.05, 4.69) is 21.1 Å². The first kappa shape index (κ1) is 38.6. The summed E-state index contributed by atoms with van der Waals surface area (Å²) in [5.41, 5.74) is -0.393. The van der Waals surface area contributed by atoms with Gasteiger partial charge in [0, 0.05) is 30.9 Å². The van der Waals surface area contributed by atoms with Crippen molar-refractivity contribution in [2.75, 3.05) is 13.2 Å². The number of rotatable bonds is 14. The minimum atomic E-state index is -1.05. The maximum Gasteiger partial charge on any atom is 0.289 e. The van der Waals surface area contributed by atoms with E-state index in [4.69, 9.17) is 21.2 Å². The number of hydrogen-bond acceptors (Lipinski definition) is 8.